The number of hydrogen-bond donors (Lipinski definition) is 2. The molecule has 2 N–H and O–H groups in total. The van der Waals surface area contributed by atoms with Gasteiger partial charge in [0.15, 0.2) is 5.69 Å². The molecule has 124 valence electrons. The Morgan fingerprint density at radius 2 is 1.91 bits per heavy atom. The van der Waals surface area contributed by atoms with Crippen LogP contribution in [0.2, 0.25) is 0 Å². The molecule has 2 aromatic heterocycles. The Bertz CT molecular complexity index is 691. The molecule has 0 aromatic carbocycles. The number of rotatable bonds is 7. The van der Waals surface area contributed by atoms with Gasteiger partial charge in [-0.2, -0.15) is 0 Å². The Morgan fingerprint density at radius 3 is 2.61 bits per heavy atom. The minimum atomic E-state index is -0.263. The lowest BCUT2D eigenvalue weighted by Crippen LogP contribution is -2.27. The topological polar surface area (TPSA) is 75.5 Å². The van der Waals surface area contributed by atoms with E-state index in [1.165, 1.54) is 0 Å². The third kappa shape index (κ3) is 4.09. The maximum Gasteiger partial charge on any atom is 0.287 e. The first-order valence-electron chi connectivity index (χ1n) is 8.08. The summed E-state index contributed by atoms with van der Waals surface area (Å²) < 4.78 is 1.66. The summed E-state index contributed by atoms with van der Waals surface area (Å²) in [6, 6.07) is 5.43. The van der Waals surface area contributed by atoms with Crippen molar-refractivity contribution in [2.45, 2.75) is 33.6 Å². The monoisotopic (exact) mass is 316 g/mol. The van der Waals surface area contributed by atoms with E-state index in [2.05, 4.69) is 29.5 Å². The van der Waals surface area contributed by atoms with Gasteiger partial charge in [0.2, 0.25) is 5.82 Å². The molecule has 0 aliphatic rings. The second kappa shape index (κ2) is 7.76. The van der Waals surface area contributed by atoms with E-state index in [0.717, 1.165) is 12.8 Å². The highest BCUT2D eigenvalue weighted by molar-refractivity contribution is 6.02. The largest absolute Gasteiger partial charge is 0.351 e. The summed E-state index contributed by atoms with van der Waals surface area (Å²) in [5.74, 6) is 0.242. The average Bonchev–Trinajstić information content (AvgIpc) is 2.92. The Hall–Kier alpha value is -2.37. The fourth-order valence-electron chi connectivity index (χ4n) is 2.24. The van der Waals surface area contributed by atoms with Gasteiger partial charge in [-0.1, -0.05) is 26.8 Å². The summed E-state index contributed by atoms with van der Waals surface area (Å²) >= 11 is 0. The first-order valence-corrected chi connectivity index (χ1v) is 8.08. The summed E-state index contributed by atoms with van der Waals surface area (Å²) in [4.78, 5) is 28.9. The quantitative estimate of drug-likeness (QED) is 0.822. The standard InChI is InChI=1S/C17H24N4O2/c1-4-9-18-16(22)14-13-7-5-6-11-21(13)15(20-14)17(23)19-10-8-12(2)3/h5-7,11-12H,4,8-10H2,1-3H3,(H,18,22)(H,19,23). The number of nitrogens with zero attached hydrogens (tertiary/aromatic N) is 2. The van der Waals surface area contributed by atoms with Crippen LogP contribution in [0, 0.1) is 5.92 Å². The number of amides is 2. The van der Waals surface area contributed by atoms with Crippen LogP contribution in [0.5, 0.6) is 0 Å². The number of pyridine rings is 1. The number of carbonyl (C=O) groups is 2. The molecule has 0 fully saturated rings. The SMILES string of the molecule is CCCNC(=O)c1nc(C(=O)NCCC(C)C)n2ccccc12. The number of aromatic nitrogens is 2. The van der Waals surface area contributed by atoms with Crippen molar-refractivity contribution in [2.75, 3.05) is 13.1 Å². The number of imidazole rings is 1. The van der Waals surface area contributed by atoms with Crippen molar-refractivity contribution in [1.82, 2.24) is 20.0 Å². The highest BCUT2D eigenvalue weighted by Crippen LogP contribution is 2.13. The number of carbonyl (C=O) groups excluding carboxylic acids is 2. The van der Waals surface area contributed by atoms with Gasteiger partial charge < -0.3 is 10.6 Å². The van der Waals surface area contributed by atoms with E-state index in [4.69, 9.17) is 0 Å². The Morgan fingerprint density at radius 1 is 1.17 bits per heavy atom. The van der Waals surface area contributed by atoms with Gasteiger partial charge in [0.25, 0.3) is 11.8 Å². The fourth-order valence-corrected chi connectivity index (χ4v) is 2.24. The molecule has 23 heavy (non-hydrogen) atoms. The summed E-state index contributed by atoms with van der Waals surface area (Å²) in [6.45, 7) is 7.37. The molecule has 0 atom stereocenters. The van der Waals surface area contributed by atoms with Crippen molar-refractivity contribution < 1.29 is 9.59 Å². The molecule has 0 spiro atoms. The van der Waals surface area contributed by atoms with Crippen LogP contribution in [0.3, 0.4) is 0 Å². The normalized spacial score (nSPS) is 11.0. The minimum absolute atomic E-state index is 0.242. The van der Waals surface area contributed by atoms with E-state index in [9.17, 15) is 9.59 Å². The van der Waals surface area contributed by atoms with E-state index < -0.39 is 0 Å². The van der Waals surface area contributed by atoms with Crippen molar-refractivity contribution in [1.29, 1.82) is 0 Å². The molecule has 0 unspecified atom stereocenters. The Balaban J connectivity index is 2.26. The van der Waals surface area contributed by atoms with Gasteiger partial charge in [-0.25, -0.2) is 4.98 Å². The van der Waals surface area contributed by atoms with Crippen molar-refractivity contribution in [3.8, 4) is 0 Å². The molecule has 6 heteroatoms. The molecule has 2 aromatic rings. The number of hydrogen-bond acceptors (Lipinski definition) is 3. The van der Waals surface area contributed by atoms with Crippen molar-refractivity contribution >= 4 is 17.3 Å². The van der Waals surface area contributed by atoms with Crippen LogP contribution < -0.4 is 10.6 Å². The zero-order valence-electron chi connectivity index (χ0n) is 13.9. The molecular formula is C17H24N4O2. The first-order chi connectivity index (χ1) is 11.0. The number of nitrogens with one attached hydrogen (secondary N) is 2. The molecule has 6 nitrogen and oxygen atoms in total. The van der Waals surface area contributed by atoms with Crippen LogP contribution >= 0.6 is 0 Å². The molecule has 0 aliphatic carbocycles. The molecule has 0 saturated carbocycles. The minimum Gasteiger partial charge on any atom is -0.351 e. The molecule has 0 bridgehead atoms. The first kappa shape index (κ1) is 17.0. The smallest absolute Gasteiger partial charge is 0.287 e. The van der Waals surface area contributed by atoms with Crippen LogP contribution in [-0.2, 0) is 0 Å². The van der Waals surface area contributed by atoms with E-state index in [1.54, 1.807) is 16.7 Å². The maximum absolute atomic E-state index is 12.4. The van der Waals surface area contributed by atoms with Gasteiger partial charge >= 0.3 is 0 Å². The number of fused-ring (bicyclic) bond motifs is 1. The van der Waals surface area contributed by atoms with Gasteiger partial charge in [-0.05, 0) is 30.9 Å². The van der Waals surface area contributed by atoms with Crippen molar-refractivity contribution in [2.24, 2.45) is 5.92 Å². The van der Waals surface area contributed by atoms with Gasteiger partial charge in [0.05, 0.1) is 5.52 Å². The lowest BCUT2D eigenvalue weighted by molar-refractivity contribution is 0.0941. The van der Waals surface area contributed by atoms with Gasteiger partial charge in [-0.15, -0.1) is 0 Å². The summed E-state index contributed by atoms with van der Waals surface area (Å²) in [5.41, 5.74) is 0.920. The van der Waals surface area contributed by atoms with Gasteiger partial charge in [0.1, 0.15) is 0 Å². The lowest BCUT2D eigenvalue weighted by Gasteiger charge is -2.06. The molecule has 0 saturated heterocycles. The van der Waals surface area contributed by atoms with Gasteiger partial charge in [-0.3, -0.25) is 14.0 Å². The van der Waals surface area contributed by atoms with E-state index in [0.29, 0.717) is 24.5 Å². The van der Waals surface area contributed by atoms with E-state index >= 15 is 0 Å². The Labute approximate surface area is 136 Å². The van der Waals surface area contributed by atoms with Gasteiger partial charge in [0, 0.05) is 19.3 Å². The third-order valence-electron chi connectivity index (χ3n) is 3.51. The van der Waals surface area contributed by atoms with Crippen LogP contribution in [0.25, 0.3) is 5.52 Å². The zero-order valence-corrected chi connectivity index (χ0v) is 13.9. The van der Waals surface area contributed by atoms with E-state index in [-0.39, 0.29) is 23.3 Å². The average molecular weight is 316 g/mol. The molecule has 0 radical (unpaired) electrons. The van der Waals surface area contributed by atoms with Crippen LogP contribution in [-0.4, -0.2) is 34.3 Å². The van der Waals surface area contributed by atoms with E-state index in [1.807, 2.05) is 19.1 Å². The predicted octanol–water partition coefficient (Wildman–Crippen LogP) is 2.25. The van der Waals surface area contributed by atoms with Crippen LogP contribution in [0.15, 0.2) is 24.4 Å². The molecule has 2 amide bonds. The Kier molecular flexibility index (Phi) is 5.73. The van der Waals surface area contributed by atoms with Crippen molar-refractivity contribution in [3.05, 3.63) is 35.9 Å². The zero-order chi connectivity index (χ0) is 16.8. The fraction of sp³-hybridized carbons (Fsp3) is 0.471. The van der Waals surface area contributed by atoms with Crippen LogP contribution in [0.4, 0.5) is 0 Å². The summed E-state index contributed by atoms with van der Waals surface area (Å²) in [5, 5.41) is 5.67. The molecular weight excluding hydrogens is 292 g/mol. The highest BCUT2D eigenvalue weighted by Gasteiger charge is 2.20. The highest BCUT2D eigenvalue weighted by atomic mass is 16.2. The second-order valence-electron chi connectivity index (χ2n) is 5.93. The predicted molar refractivity (Wildman–Crippen MR) is 89.6 cm³/mol. The molecule has 0 aliphatic heterocycles. The summed E-state index contributed by atoms with van der Waals surface area (Å²) in [7, 11) is 0. The maximum atomic E-state index is 12.4. The molecule has 2 rings (SSSR count). The second-order valence-corrected chi connectivity index (χ2v) is 5.93. The lowest BCUT2D eigenvalue weighted by atomic mass is 10.1. The third-order valence-corrected chi connectivity index (χ3v) is 3.51. The summed E-state index contributed by atoms with van der Waals surface area (Å²) in [6.07, 6.45) is 3.50. The molecule has 2 heterocycles. The van der Waals surface area contributed by atoms with Crippen molar-refractivity contribution in [3.63, 3.8) is 0 Å². The van der Waals surface area contributed by atoms with Crippen LogP contribution in [0.1, 0.15) is 54.7 Å².